The van der Waals surface area contributed by atoms with E-state index >= 15 is 0 Å². The van der Waals surface area contributed by atoms with Crippen LogP contribution in [0.4, 0.5) is 0 Å². The maximum absolute atomic E-state index is 4.19. The number of benzene rings is 1. The monoisotopic (exact) mass is 277 g/mol. The average molecular weight is 277 g/mol. The number of H-pyrrole nitrogens is 1. The number of nitrogens with zero attached hydrogens (tertiary/aromatic N) is 2. The fourth-order valence-electron chi connectivity index (χ4n) is 2.38. The number of nitrogens with one attached hydrogen (secondary N) is 1. The third-order valence-corrected chi connectivity index (χ3v) is 3.31. The summed E-state index contributed by atoms with van der Waals surface area (Å²) in [5.41, 5.74) is 4.54. The Labute approximate surface area is 124 Å². The molecule has 0 spiro atoms. The summed E-state index contributed by atoms with van der Waals surface area (Å²) < 4.78 is 0. The van der Waals surface area contributed by atoms with Crippen molar-refractivity contribution in [2.24, 2.45) is 4.99 Å². The van der Waals surface area contributed by atoms with Crippen LogP contribution < -0.4 is 0 Å². The van der Waals surface area contributed by atoms with Gasteiger partial charge in [-0.25, -0.2) is 0 Å². The van der Waals surface area contributed by atoms with Gasteiger partial charge in [0, 0.05) is 47.5 Å². The van der Waals surface area contributed by atoms with Crippen LogP contribution in [0, 0.1) is 0 Å². The highest BCUT2D eigenvalue weighted by Gasteiger charge is 2.05. The molecule has 0 saturated heterocycles. The number of aromatic nitrogens is 2. The third-order valence-electron chi connectivity index (χ3n) is 3.31. The highest BCUT2D eigenvalue weighted by atomic mass is 14.7. The number of hydrogen-bond donors (Lipinski definition) is 1. The molecule has 0 atom stereocenters. The largest absolute Gasteiger partial charge is 0.354 e. The molecule has 0 aliphatic rings. The lowest BCUT2D eigenvalue weighted by Crippen LogP contribution is -1.85. The Kier molecular flexibility index (Phi) is 4.67. The summed E-state index contributed by atoms with van der Waals surface area (Å²) in [7, 11) is 1.79. The molecular weight excluding hydrogens is 258 g/mol. The highest BCUT2D eigenvalue weighted by Crippen LogP contribution is 2.27. The van der Waals surface area contributed by atoms with Gasteiger partial charge in [0.1, 0.15) is 0 Å². The zero-order valence-corrected chi connectivity index (χ0v) is 12.4. The van der Waals surface area contributed by atoms with Crippen LogP contribution in [0.1, 0.15) is 12.5 Å². The van der Waals surface area contributed by atoms with E-state index in [4.69, 9.17) is 0 Å². The number of fused-ring (bicyclic) bond motifs is 3. The van der Waals surface area contributed by atoms with Crippen molar-refractivity contribution in [1.29, 1.82) is 0 Å². The Morgan fingerprint density at radius 3 is 2.71 bits per heavy atom. The van der Waals surface area contributed by atoms with Gasteiger partial charge in [0.05, 0.1) is 0 Å². The van der Waals surface area contributed by atoms with Crippen molar-refractivity contribution >= 4 is 33.6 Å². The second kappa shape index (κ2) is 6.66. The first-order chi connectivity index (χ1) is 10.3. The molecule has 21 heavy (non-hydrogen) atoms. The van der Waals surface area contributed by atoms with E-state index in [1.807, 2.05) is 25.4 Å². The van der Waals surface area contributed by atoms with E-state index in [1.165, 1.54) is 10.9 Å². The summed E-state index contributed by atoms with van der Waals surface area (Å²) >= 11 is 0. The number of aliphatic imine (C=N–C) groups is 1. The van der Waals surface area contributed by atoms with Crippen LogP contribution in [0.3, 0.4) is 0 Å². The van der Waals surface area contributed by atoms with E-state index in [-0.39, 0.29) is 0 Å². The summed E-state index contributed by atoms with van der Waals surface area (Å²) in [4.78, 5) is 11.7. The molecule has 2 aromatic heterocycles. The Bertz CT molecular complexity index is 810. The van der Waals surface area contributed by atoms with Crippen molar-refractivity contribution in [3.8, 4) is 0 Å². The van der Waals surface area contributed by atoms with Crippen molar-refractivity contribution in [2.75, 3.05) is 7.05 Å². The number of aromatic amines is 1. The molecule has 2 heterocycles. The smallest absolute Gasteiger partial charge is 0.0495 e. The number of hydrogen-bond acceptors (Lipinski definition) is 2. The maximum Gasteiger partial charge on any atom is 0.0495 e. The van der Waals surface area contributed by atoms with Crippen molar-refractivity contribution in [3.05, 3.63) is 61.5 Å². The van der Waals surface area contributed by atoms with E-state index in [9.17, 15) is 0 Å². The molecule has 3 rings (SSSR count). The molecule has 3 aromatic rings. The van der Waals surface area contributed by atoms with Crippen LogP contribution in [0.25, 0.3) is 27.4 Å². The Morgan fingerprint density at radius 2 is 2.00 bits per heavy atom. The summed E-state index contributed by atoms with van der Waals surface area (Å²) in [5.74, 6) is 0. The third kappa shape index (κ3) is 2.77. The van der Waals surface area contributed by atoms with Crippen LogP contribution in [0.5, 0.6) is 0 Å². The Morgan fingerprint density at radius 1 is 1.19 bits per heavy atom. The highest BCUT2D eigenvalue weighted by molar-refractivity contribution is 6.12. The molecule has 106 valence electrons. The first kappa shape index (κ1) is 14.7. The lowest BCUT2D eigenvalue weighted by Gasteiger charge is -2.01. The Hall–Kier alpha value is -2.68. The molecule has 0 radical (unpaired) electrons. The number of allylic oxidation sites excluding steroid dienone is 2. The first-order valence-electron chi connectivity index (χ1n) is 6.78. The predicted octanol–water partition coefficient (Wildman–Crippen LogP) is 4.62. The van der Waals surface area contributed by atoms with Crippen molar-refractivity contribution in [2.45, 2.75) is 6.92 Å². The SMILES string of the molecule is C/C=C(\C=NC)c1ccc2c(c1)[nH]c1ccncc12.C=C. The average Bonchev–Trinajstić information content (AvgIpc) is 2.92. The van der Waals surface area contributed by atoms with Crippen LogP contribution in [0.2, 0.25) is 0 Å². The van der Waals surface area contributed by atoms with Gasteiger partial charge >= 0.3 is 0 Å². The van der Waals surface area contributed by atoms with Gasteiger partial charge in [-0.2, -0.15) is 0 Å². The molecule has 1 aromatic carbocycles. The molecule has 3 nitrogen and oxygen atoms in total. The van der Waals surface area contributed by atoms with Gasteiger partial charge < -0.3 is 4.98 Å². The molecule has 0 saturated carbocycles. The quantitative estimate of drug-likeness (QED) is 0.539. The molecule has 0 aliphatic carbocycles. The standard InChI is InChI=1S/C16H15N3.C2H4/c1-3-11(9-17-2)12-4-5-13-14-10-18-7-6-15(14)19-16(13)8-12;1-2/h3-10,19H,1-2H3;1-2H2/b11-3+,17-9?;. The van der Waals surface area contributed by atoms with Crippen LogP contribution >= 0.6 is 0 Å². The van der Waals surface area contributed by atoms with Crippen molar-refractivity contribution in [3.63, 3.8) is 0 Å². The fourth-order valence-corrected chi connectivity index (χ4v) is 2.38. The van der Waals surface area contributed by atoms with E-state index in [0.29, 0.717) is 0 Å². The van der Waals surface area contributed by atoms with Gasteiger partial charge in [0.25, 0.3) is 0 Å². The lowest BCUT2D eigenvalue weighted by atomic mass is 10.0. The molecular formula is C18H19N3. The van der Waals surface area contributed by atoms with Crippen molar-refractivity contribution < 1.29 is 0 Å². The summed E-state index contributed by atoms with van der Waals surface area (Å²) in [6.07, 6.45) is 7.65. The molecule has 0 amide bonds. The second-order valence-electron chi connectivity index (χ2n) is 4.44. The van der Waals surface area contributed by atoms with E-state index in [2.05, 4.69) is 52.4 Å². The molecule has 0 fully saturated rings. The lowest BCUT2D eigenvalue weighted by molar-refractivity contribution is 1.36. The van der Waals surface area contributed by atoms with Gasteiger partial charge in [-0.05, 0) is 30.2 Å². The number of rotatable bonds is 2. The molecule has 0 unspecified atom stereocenters. The normalized spacial score (nSPS) is 11.8. The second-order valence-corrected chi connectivity index (χ2v) is 4.44. The zero-order chi connectivity index (χ0) is 15.2. The van der Waals surface area contributed by atoms with E-state index in [1.54, 1.807) is 13.2 Å². The maximum atomic E-state index is 4.19. The summed E-state index contributed by atoms with van der Waals surface area (Å²) in [5, 5.41) is 2.37. The Balaban J connectivity index is 0.000000774. The van der Waals surface area contributed by atoms with Gasteiger partial charge in [0.2, 0.25) is 0 Å². The minimum atomic E-state index is 1.12. The minimum absolute atomic E-state index is 1.12. The van der Waals surface area contributed by atoms with Crippen LogP contribution in [0.15, 0.2) is 60.9 Å². The minimum Gasteiger partial charge on any atom is -0.354 e. The topological polar surface area (TPSA) is 41.0 Å². The van der Waals surface area contributed by atoms with E-state index in [0.717, 1.165) is 22.0 Å². The van der Waals surface area contributed by atoms with Gasteiger partial charge in [-0.3, -0.25) is 9.98 Å². The van der Waals surface area contributed by atoms with E-state index < -0.39 is 0 Å². The van der Waals surface area contributed by atoms with Crippen molar-refractivity contribution in [1.82, 2.24) is 9.97 Å². The number of pyridine rings is 1. The van der Waals surface area contributed by atoms with Gasteiger partial charge in [-0.15, -0.1) is 13.2 Å². The first-order valence-corrected chi connectivity index (χ1v) is 6.78. The molecule has 0 bridgehead atoms. The zero-order valence-electron chi connectivity index (χ0n) is 12.4. The fraction of sp³-hybridized carbons (Fsp3) is 0.111. The summed E-state index contributed by atoms with van der Waals surface area (Å²) in [6.45, 7) is 8.02. The molecule has 3 heteroatoms. The van der Waals surface area contributed by atoms with Crippen LogP contribution in [-0.4, -0.2) is 23.2 Å². The predicted molar refractivity (Wildman–Crippen MR) is 92.9 cm³/mol. The molecule has 0 aliphatic heterocycles. The van der Waals surface area contributed by atoms with Gasteiger partial charge in [-0.1, -0.05) is 18.2 Å². The van der Waals surface area contributed by atoms with Gasteiger partial charge in [0.15, 0.2) is 0 Å². The van der Waals surface area contributed by atoms with Crippen LogP contribution in [-0.2, 0) is 0 Å². The summed E-state index contributed by atoms with van der Waals surface area (Å²) in [6, 6.07) is 8.42. The molecule has 1 N–H and O–H groups in total.